The summed E-state index contributed by atoms with van der Waals surface area (Å²) in [7, 11) is 3.29. The molecule has 0 aliphatic rings. The lowest BCUT2D eigenvalue weighted by atomic mass is 10.1. The smallest absolute Gasteiger partial charge is 0.275 e. The Morgan fingerprint density at radius 3 is 2.41 bits per heavy atom. The molecule has 0 spiro atoms. The fourth-order valence-corrected chi connectivity index (χ4v) is 3.27. The summed E-state index contributed by atoms with van der Waals surface area (Å²) in [6.45, 7) is 1.95. The Hall–Kier alpha value is -3.81. The molecule has 0 unspecified atom stereocenters. The molecule has 1 amide bonds. The van der Waals surface area contributed by atoms with Gasteiger partial charge in [0.25, 0.3) is 11.5 Å². The van der Waals surface area contributed by atoms with Gasteiger partial charge in [0, 0.05) is 19.5 Å². The lowest BCUT2D eigenvalue weighted by molar-refractivity contribution is 0.0736. The van der Waals surface area contributed by atoms with E-state index in [1.54, 1.807) is 54.3 Å². The number of hydrogen-bond donors (Lipinski definition) is 0. The molecule has 2 heterocycles. The van der Waals surface area contributed by atoms with Gasteiger partial charge in [-0.3, -0.25) is 9.59 Å². The molecule has 1 atom stereocenters. The number of aryl methyl sites for hydroxylation is 1. The maximum atomic E-state index is 13.2. The van der Waals surface area contributed by atoms with Gasteiger partial charge in [-0.2, -0.15) is 10.2 Å². The van der Waals surface area contributed by atoms with E-state index in [1.165, 1.54) is 11.0 Å². The Morgan fingerprint density at radius 1 is 1.07 bits per heavy atom. The van der Waals surface area contributed by atoms with Crippen molar-refractivity contribution in [3.63, 3.8) is 0 Å². The molecule has 0 fully saturated rings. The Labute approximate surface area is 167 Å². The standard InChI is InChI=1S/C21H20N6O2/c1-14(15-8-10-16(11-9-15)27-13-22-12-23-27)25(2)21(29)19-17-6-4-5-7-18(17)20(28)26(3)24-19/h4-14H,1-3H3/t14-/m0/s1. The zero-order chi connectivity index (χ0) is 20.5. The lowest BCUT2D eigenvalue weighted by Crippen LogP contribution is -2.33. The van der Waals surface area contributed by atoms with Gasteiger partial charge in [-0.05, 0) is 30.7 Å². The minimum atomic E-state index is -0.246. The highest BCUT2D eigenvalue weighted by molar-refractivity contribution is 6.04. The summed E-state index contributed by atoms with van der Waals surface area (Å²) in [4.78, 5) is 31.1. The van der Waals surface area contributed by atoms with Crippen LogP contribution in [-0.2, 0) is 7.05 Å². The highest BCUT2D eigenvalue weighted by Gasteiger charge is 2.23. The predicted molar refractivity (Wildman–Crippen MR) is 109 cm³/mol. The van der Waals surface area contributed by atoms with Crippen LogP contribution < -0.4 is 5.56 Å². The SMILES string of the molecule is C[C@@H](c1ccc(-n2cncn2)cc1)N(C)C(=O)c1nn(C)c(=O)c2ccccc12. The number of nitrogens with zero attached hydrogens (tertiary/aromatic N) is 6. The third-order valence-electron chi connectivity index (χ3n) is 5.12. The van der Waals surface area contributed by atoms with Gasteiger partial charge in [0.05, 0.1) is 17.1 Å². The maximum absolute atomic E-state index is 13.2. The van der Waals surface area contributed by atoms with Crippen LogP contribution in [-0.4, -0.2) is 42.4 Å². The molecule has 0 aliphatic heterocycles. The Morgan fingerprint density at radius 2 is 1.76 bits per heavy atom. The number of aromatic nitrogens is 5. The summed E-state index contributed by atoms with van der Waals surface area (Å²) in [6, 6.07) is 14.6. The zero-order valence-corrected chi connectivity index (χ0v) is 16.4. The first-order chi connectivity index (χ1) is 14.0. The van der Waals surface area contributed by atoms with Crippen molar-refractivity contribution in [3.05, 3.63) is 82.8 Å². The molecule has 0 aliphatic carbocycles. The highest BCUT2D eigenvalue weighted by Crippen LogP contribution is 2.23. The van der Waals surface area contributed by atoms with Crippen molar-refractivity contribution < 1.29 is 4.79 Å². The molecule has 8 heteroatoms. The van der Waals surface area contributed by atoms with E-state index in [0.29, 0.717) is 10.8 Å². The largest absolute Gasteiger partial charge is 0.334 e. The third kappa shape index (κ3) is 3.29. The van der Waals surface area contributed by atoms with E-state index in [2.05, 4.69) is 15.2 Å². The summed E-state index contributed by atoms with van der Waals surface area (Å²) < 4.78 is 2.88. The molecule has 0 saturated heterocycles. The predicted octanol–water partition coefficient (Wildman–Crippen LogP) is 2.35. The molecule has 4 aromatic rings. The van der Waals surface area contributed by atoms with Crippen LogP contribution >= 0.6 is 0 Å². The number of carbonyl (C=O) groups excluding carboxylic acids is 1. The van der Waals surface area contributed by atoms with Gasteiger partial charge in [0.1, 0.15) is 12.7 Å². The average molecular weight is 388 g/mol. The number of hydrogen-bond acceptors (Lipinski definition) is 5. The van der Waals surface area contributed by atoms with Crippen LogP contribution in [0.4, 0.5) is 0 Å². The highest BCUT2D eigenvalue weighted by atomic mass is 16.2. The first-order valence-corrected chi connectivity index (χ1v) is 9.15. The van der Waals surface area contributed by atoms with Crippen molar-refractivity contribution >= 4 is 16.7 Å². The van der Waals surface area contributed by atoms with Crippen molar-refractivity contribution in [1.29, 1.82) is 0 Å². The maximum Gasteiger partial charge on any atom is 0.275 e. The van der Waals surface area contributed by atoms with Crippen LogP contribution in [0, 0.1) is 0 Å². The minimum absolute atomic E-state index is 0.190. The third-order valence-corrected chi connectivity index (χ3v) is 5.12. The van der Waals surface area contributed by atoms with E-state index < -0.39 is 0 Å². The molecule has 29 heavy (non-hydrogen) atoms. The first-order valence-electron chi connectivity index (χ1n) is 9.15. The van der Waals surface area contributed by atoms with Crippen LogP contribution in [0.15, 0.2) is 66.0 Å². The van der Waals surface area contributed by atoms with Crippen molar-refractivity contribution in [2.24, 2.45) is 7.05 Å². The fraction of sp³-hybridized carbons (Fsp3) is 0.190. The molecule has 146 valence electrons. The second-order valence-corrected chi connectivity index (χ2v) is 6.85. The number of fused-ring (bicyclic) bond motifs is 1. The molecule has 2 aromatic heterocycles. The van der Waals surface area contributed by atoms with E-state index in [-0.39, 0.29) is 23.2 Å². The minimum Gasteiger partial charge on any atom is -0.334 e. The van der Waals surface area contributed by atoms with E-state index >= 15 is 0 Å². The van der Waals surface area contributed by atoms with E-state index in [0.717, 1.165) is 11.3 Å². The van der Waals surface area contributed by atoms with Gasteiger partial charge in [-0.25, -0.2) is 14.3 Å². The van der Waals surface area contributed by atoms with Gasteiger partial charge in [-0.1, -0.05) is 30.3 Å². The summed E-state index contributed by atoms with van der Waals surface area (Å²) in [6.07, 6.45) is 3.11. The van der Waals surface area contributed by atoms with Gasteiger partial charge >= 0.3 is 0 Å². The van der Waals surface area contributed by atoms with Crippen molar-refractivity contribution in [1.82, 2.24) is 29.4 Å². The fourth-order valence-electron chi connectivity index (χ4n) is 3.27. The molecular formula is C21H20N6O2. The Balaban J connectivity index is 1.65. The van der Waals surface area contributed by atoms with Crippen LogP contribution in [0.1, 0.15) is 29.0 Å². The summed E-state index contributed by atoms with van der Waals surface area (Å²) >= 11 is 0. The van der Waals surface area contributed by atoms with Crippen molar-refractivity contribution in [2.75, 3.05) is 7.05 Å². The molecular weight excluding hydrogens is 368 g/mol. The monoisotopic (exact) mass is 388 g/mol. The Bertz CT molecular complexity index is 1230. The van der Waals surface area contributed by atoms with Gasteiger partial charge in [0.15, 0.2) is 5.69 Å². The second-order valence-electron chi connectivity index (χ2n) is 6.85. The normalized spacial score (nSPS) is 12.1. The number of benzene rings is 2. The van der Waals surface area contributed by atoms with Crippen LogP contribution in [0.3, 0.4) is 0 Å². The zero-order valence-electron chi connectivity index (χ0n) is 16.4. The summed E-state index contributed by atoms with van der Waals surface area (Å²) in [5, 5.41) is 9.39. The molecule has 0 saturated carbocycles. The number of rotatable bonds is 4. The van der Waals surface area contributed by atoms with E-state index in [4.69, 9.17) is 0 Å². The molecule has 2 aromatic carbocycles. The van der Waals surface area contributed by atoms with Crippen LogP contribution in [0.2, 0.25) is 0 Å². The van der Waals surface area contributed by atoms with Gasteiger partial charge in [0.2, 0.25) is 0 Å². The first kappa shape index (κ1) is 18.5. The molecule has 0 bridgehead atoms. The molecule has 4 rings (SSSR count). The molecule has 0 N–H and O–H groups in total. The molecule has 0 radical (unpaired) electrons. The number of carbonyl (C=O) groups is 1. The van der Waals surface area contributed by atoms with Gasteiger partial charge < -0.3 is 4.90 Å². The van der Waals surface area contributed by atoms with Crippen molar-refractivity contribution in [3.8, 4) is 5.69 Å². The topological polar surface area (TPSA) is 85.9 Å². The van der Waals surface area contributed by atoms with Crippen molar-refractivity contribution in [2.45, 2.75) is 13.0 Å². The van der Waals surface area contributed by atoms with Crippen LogP contribution in [0.5, 0.6) is 0 Å². The summed E-state index contributed by atoms with van der Waals surface area (Å²) in [5.74, 6) is -0.246. The Kier molecular flexibility index (Phi) is 4.67. The lowest BCUT2D eigenvalue weighted by Gasteiger charge is -2.25. The second kappa shape index (κ2) is 7.31. The average Bonchev–Trinajstić information content (AvgIpc) is 3.30. The van der Waals surface area contributed by atoms with E-state index in [9.17, 15) is 9.59 Å². The number of amides is 1. The quantitative estimate of drug-likeness (QED) is 0.536. The summed E-state index contributed by atoms with van der Waals surface area (Å²) in [5.41, 5.74) is 1.89. The van der Waals surface area contributed by atoms with E-state index in [1.807, 2.05) is 31.2 Å². The molecule has 8 nitrogen and oxygen atoms in total. The van der Waals surface area contributed by atoms with Gasteiger partial charge in [-0.15, -0.1) is 0 Å². The van der Waals surface area contributed by atoms with Crippen LogP contribution in [0.25, 0.3) is 16.5 Å².